The molecule has 1 atom stereocenters. The minimum Gasteiger partial charge on any atom is -0.466 e. The highest BCUT2D eigenvalue weighted by Crippen LogP contribution is 2.31. The van der Waals surface area contributed by atoms with Crippen molar-refractivity contribution in [3.63, 3.8) is 0 Å². The molecule has 184 valence electrons. The van der Waals surface area contributed by atoms with Crippen molar-refractivity contribution in [1.82, 2.24) is 9.55 Å². The summed E-state index contributed by atoms with van der Waals surface area (Å²) in [6.45, 7) is 10.1. The fourth-order valence-electron chi connectivity index (χ4n) is 4.85. The number of nitrogens with one attached hydrogen (secondary N) is 1. The van der Waals surface area contributed by atoms with Gasteiger partial charge in [0.15, 0.2) is 4.80 Å². The summed E-state index contributed by atoms with van der Waals surface area (Å²) in [6.07, 6.45) is 1.94. The standard InChI is InChI=1S/C29H29N3O3S/c1-15(2)19-8-10-20(11-9-19)26-25(28(34)35-6)18(5)31-29-32(26)27(33)24(36-29)14-21-17(4)30-23-12-7-16(3)13-22(21)23/h7-15,26,30H,1-6H3/b24-14-/t26-/m1/s1. The van der Waals surface area contributed by atoms with Gasteiger partial charge in [0.1, 0.15) is 0 Å². The van der Waals surface area contributed by atoms with Crippen LogP contribution in [0.3, 0.4) is 0 Å². The van der Waals surface area contributed by atoms with E-state index in [1.165, 1.54) is 24.0 Å². The maximum absolute atomic E-state index is 13.9. The maximum atomic E-state index is 13.9. The third kappa shape index (κ3) is 3.93. The van der Waals surface area contributed by atoms with Gasteiger partial charge >= 0.3 is 5.97 Å². The summed E-state index contributed by atoms with van der Waals surface area (Å²) in [7, 11) is 1.36. The summed E-state index contributed by atoms with van der Waals surface area (Å²) in [6, 6.07) is 13.7. The van der Waals surface area contributed by atoms with Crippen molar-refractivity contribution in [2.24, 2.45) is 4.99 Å². The van der Waals surface area contributed by atoms with Gasteiger partial charge in [0.05, 0.1) is 29.0 Å². The Kier molecular flexibility index (Phi) is 6.04. The number of aromatic nitrogens is 2. The molecule has 2 aromatic carbocycles. The number of methoxy groups -OCH3 is 1. The Bertz CT molecular complexity index is 1720. The van der Waals surface area contributed by atoms with Crippen LogP contribution in [0, 0.1) is 13.8 Å². The molecule has 0 unspecified atom stereocenters. The lowest BCUT2D eigenvalue weighted by molar-refractivity contribution is -0.136. The fourth-order valence-corrected chi connectivity index (χ4v) is 5.88. The van der Waals surface area contributed by atoms with Gasteiger partial charge < -0.3 is 9.72 Å². The number of thiazole rings is 1. The molecular formula is C29H29N3O3S. The molecule has 7 heteroatoms. The molecular weight excluding hydrogens is 470 g/mol. The number of fused-ring (bicyclic) bond motifs is 2. The Labute approximate surface area is 213 Å². The summed E-state index contributed by atoms with van der Waals surface area (Å²) in [5.74, 6) is -0.104. The third-order valence-electron chi connectivity index (χ3n) is 6.81. The van der Waals surface area contributed by atoms with E-state index in [0.717, 1.165) is 33.3 Å². The van der Waals surface area contributed by atoms with Crippen molar-refractivity contribution in [3.05, 3.63) is 101 Å². The molecule has 0 amide bonds. The highest BCUT2D eigenvalue weighted by Gasteiger charge is 2.33. The predicted molar refractivity (Wildman–Crippen MR) is 144 cm³/mol. The molecule has 6 nitrogen and oxygen atoms in total. The SMILES string of the molecule is COC(=O)C1=C(C)N=c2s/c(=C\c3c(C)[nH]c4ccc(C)cc34)c(=O)n2[C@@H]1c1ccc(C(C)C)cc1. The Morgan fingerprint density at radius 1 is 1.14 bits per heavy atom. The summed E-state index contributed by atoms with van der Waals surface area (Å²) in [5, 5.41) is 1.07. The van der Waals surface area contributed by atoms with E-state index in [1.54, 1.807) is 11.5 Å². The molecule has 2 aromatic heterocycles. The molecule has 0 saturated carbocycles. The minimum absolute atomic E-state index is 0.174. The molecule has 0 saturated heterocycles. The van der Waals surface area contributed by atoms with Crippen LogP contribution < -0.4 is 14.9 Å². The van der Waals surface area contributed by atoms with Crippen molar-refractivity contribution in [3.8, 4) is 0 Å². The van der Waals surface area contributed by atoms with E-state index in [4.69, 9.17) is 4.74 Å². The molecule has 0 radical (unpaired) electrons. The summed E-state index contributed by atoms with van der Waals surface area (Å²) in [4.78, 5) is 35.4. The smallest absolute Gasteiger partial charge is 0.338 e. The van der Waals surface area contributed by atoms with Gasteiger partial charge in [-0.2, -0.15) is 0 Å². The Morgan fingerprint density at radius 3 is 2.53 bits per heavy atom. The lowest BCUT2D eigenvalue weighted by Crippen LogP contribution is -2.39. The van der Waals surface area contributed by atoms with Crippen LogP contribution in [0.25, 0.3) is 17.0 Å². The number of carbonyl (C=O) groups excluding carboxylic acids is 1. The first kappa shape index (κ1) is 24.0. The van der Waals surface area contributed by atoms with E-state index >= 15 is 0 Å². The number of H-pyrrole nitrogens is 1. The average Bonchev–Trinajstić information content (AvgIpc) is 3.33. The van der Waals surface area contributed by atoms with Crippen LogP contribution in [-0.4, -0.2) is 22.6 Å². The predicted octanol–water partition coefficient (Wildman–Crippen LogP) is 4.63. The lowest BCUT2D eigenvalue weighted by Gasteiger charge is -2.24. The Hall–Kier alpha value is -3.71. The van der Waals surface area contributed by atoms with Crippen molar-refractivity contribution < 1.29 is 9.53 Å². The molecule has 0 spiro atoms. The fraction of sp³-hybridized carbons (Fsp3) is 0.276. The highest BCUT2D eigenvalue weighted by atomic mass is 32.1. The number of ether oxygens (including phenoxy) is 1. The topological polar surface area (TPSA) is 76.4 Å². The van der Waals surface area contributed by atoms with Gasteiger partial charge in [-0.05, 0) is 56.0 Å². The van der Waals surface area contributed by atoms with Gasteiger partial charge in [-0.25, -0.2) is 9.79 Å². The number of allylic oxidation sites excluding steroid dienone is 1. The molecule has 5 rings (SSSR count). The van der Waals surface area contributed by atoms with Crippen LogP contribution >= 0.6 is 11.3 Å². The van der Waals surface area contributed by atoms with Crippen molar-refractivity contribution >= 4 is 34.3 Å². The van der Waals surface area contributed by atoms with Gasteiger partial charge in [-0.3, -0.25) is 9.36 Å². The zero-order chi connectivity index (χ0) is 25.7. The molecule has 0 aliphatic carbocycles. The number of hydrogen-bond donors (Lipinski definition) is 1. The van der Waals surface area contributed by atoms with Gasteiger partial charge in [0.25, 0.3) is 5.56 Å². The van der Waals surface area contributed by atoms with Gasteiger partial charge in [0.2, 0.25) is 0 Å². The zero-order valence-corrected chi connectivity index (χ0v) is 22.1. The minimum atomic E-state index is -0.608. The van der Waals surface area contributed by atoms with E-state index in [0.29, 0.717) is 26.5 Å². The molecule has 0 fully saturated rings. The number of nitrogens with zero attached hydrogens (tertiary/aromatic N) is 2. The Morgan fingerprint density at radius 2 is 1.86 bits per heavy atom. The quantitative estimate of drug-likeness (QED) is 0.416. The number of esters is 1. The second kappa shape index (κ2) is 9.06. The Balaban J connectivity index is 1.75. The van der Waals surface area contributed by atoms with E-state index in [1.807, 2.05) is 25.1 Å². The molecule has 1 aliphatic rings. The number of rotatable bonds is 4. The molecule has 0 bridgehead atoms. The van der Waals surface area contributed by atoms with Gasteiger partial charge in [-0.1, -0.05) is 61.1 Å². The van der Waals surface area contributed by atoms with Crippen molar-refractivity contribution in [1.29, 1.82) is 0 Å². The molecule has 1 aliphatic heterocycles. The second-order valence-electron chi connectivity index (χ2n) is 9.61. The maximum Gasteiger partial charge on any atom is 0.338 e. The van der Waals surface area contributed by atoms with E-state index in [2.05, 4.69) is 61.1 Å². The average molecular weight is 500 g/mol. The van der Waals surface area contributed by atoms with E-state index in [9.17, 15) is 9.59 Å². The first-order valence-corrected chi connectivity index (χ1v) is 12.8. The molecule has 3 heterocycles. The van der Waals surface area contributed by atoms with E-state index in [-0.39, 0.29) is 5.56 Å². The van der Waals surface area contributed by atoms with Gasteiger partial charge in [-0.15, -0.1) is 0 Å². The number of hydrogen-bond acceptors (Lipinski definition) is 5. The number of benzene rings is 2. The zero-order valence-electron chi connectivity index (χ0n) is 21.3. The van der Waals surface area contributed by atoms with Crippen molar-refractivity contribution in [2.45, 2.75) is 46.6 Å². The highest BCUT2D eigenvalue weighted by molar-refractivity contribution is 7.07. The summed E-state index contributed by atoms with van der Waals surface area (Å²) < 4.78 is 7.32. The number of carbonyl (C=O) groups is 1. The third-order valence-corrected chi connectivity index (χ3v) is 7.80. The lowest BCUT2D eigenvalue weighted by atomic mass is 9.93. The second-order valence-corrected chi connectivity index (χ2v) is 10.6. The van der Waals surface area contributed by atoms with Crippen LogP contribution in [0.1, 0.15) is 60.7 Å². The van der Waals surface area contributed by atoms with Crippen LogP contribution in [0.15, 0.2) is 63.5 Å². The van der Waals surface area contributed by atoms with Crippen LogP contribution in [0.5, 0.6) is 0 Å². The first-order chi connectivity index (χ1) is 17.2. The van der Waals surface area contributed by atoms with Crippen LogP contribution in [0.4, 0.5) is 0 Å². The van der Waals surface area contributed by atoms with Crippen molar-refractivity contribution in [2.75, 3.05) is 7.11 Å². The first-order valence-electron chi connectivity index (χ1n) is 12.0. The van der Waals surface area contributed by atoms with Crippen LogP contribution in [-0.2, 0) is 9.53 Å². The van der Waals surface area contributed by atoms with E-state index < -0.39 is 12.0 Å². The monoisotopic (exact) mass is 499 g/mol. The largest absolute Gasteiger partial charge is 0.466 e. The molecule has 4 aromatic rings. The number of aromatic amines is 1. The molecule has 1 N–H and O–H groups in total. The summed E-state index contributed by atoms with van der Waals surface area (Å²) in [5.41, 5.74) is 6.97. The molecule has 36 heavy (non-hydrogen) atoms. The normalized spacial score (nSPS) is 16.0. The summed E-state index contributed by atoms with van der Waals surface area (Å²) >= 11 is 1.34. The van der Waals surface area contributed by atoms with Gasteiger partial charge in [0, 0.05) is 22.2 Å². The number of aryl methyl sites for hydroxylation is 2. The van der Waals surface area contributed by atoms with Crippen LogP contribution in [0.2, 0.25) is 0 Å².